The van der Waals surface area contributed by atoms with Crippen LogP contribution in [0.4, 0.5) is 5.69 Å². The molecule has 2 unspecified atom stereocenters. The Morgan fingerprint density at radius 3 is 2.00 bits per heavy atom. The van der Waals surface area contributed by atoms with Crippen molar-refractivity contribution in [1.29, 1.82) is 0 Å². The molecule has 0 aliphatic rings. The SMILES string of the molecule is O=CC(CO)NC(=O)c1cc(C(=O)NC(C=O)CO)c(O)c([N+](=O)[O-])c1. The van der Waals surface area contributed by atoms with E-state index in [9.17, 15) is 34.4 Å². The lowest BCUT2D eigenvalue weighted by molar-refractivity contribution is -0.385. The first-order valence-electron chi connectivity index (χ1n) is 7.04. The molecule has 12 nitrogen and oxygen atoms in total. The topological polar surface area (TPSA) is 196 Å². The van der Waals surface area contributed by atoms with Crippen molar-refractivity contribution in [3.8, 4) is 5.75 Å². The van der Waals surface area contributed by atoms with Crippen molar-refractivity contribution in [2.75, 3.05) is 13.2 Å². The summed E-state index contributed by atoms with van der Waals surface area (Å²) in [6, 6.07) is -1.14. The fourth-order valence-corrected chi connectivity index (χ4v) is 1.81. The van der Waals surface area contributed by atoms with Crippen LogP contribution >= 0.6 is 0 Å². The van der Waals surface area contributed by atoms with Gasteiger partial charge in [0, 0.05) is 11.6 Å². The number of amides is 2. The Kier molecular flexibility index (Phi) is 7.31. The lowest BCUT2D eigenvalue weighted by Gasteiger charge is -2.13. The molecule has 0 fully saturated rings. The maximum absolute atomic E-state index is 12.1. The summed E-state index contributed by atoms with van der Waals surface area (Å²) >= 11 is 0. The van der Waals surface area contributed by atoms with Gasteiger partial charge in [-0.25, -0.2) is 0 Å². The Bertz CT molecular complexity index is 735. The zero-order valence-electron chi connectivity index (χ0n) is 13.1. The summed E-state index contributed by atoms with van der Waals surface area (Å²) in [7, 11) is 0. The summed E-state index contributed by atoms with van der Waals surface area (Å²) in [5, 5.41) is 42.8. The number of rotatable bonds is 9. The van der Waals surface area contributed by atoms with Crippen LogP contribution in [0.5, 0.6) is 5.75 Å². The van der Waals surface area contributed by atoms with Gasteiger partial charge in [-0.05, 0) is 6.07 Å². The number of aliphatic hydroxyl groups excluding tert-OH is 2. The van der Waals surface area contributed by atoms with Gasteiger partial charge in [-0.1, -0.05) is 0 Å². The van der Waals surface area contributed by atoms with Crippen LogP contribution in [0, 0.1) is 10.1 Å². The average Bonchev–Trinajstić information content (AvgIpc) is 2.63. The van der Waals surface area contributed by atoms with E-state index in [2.05, 4.69) is 5.32 Å². The third-order valence-corrected chi connectivity index (χ3v) is 3.15. The highest BCUT2D eigenvalue weighted by Crippen LogP contribution is 2.31. The van der Waals surface area contributed by atoms with E-state index in [1.54, 1.807) is 0 Å². The van der Waals surface area contributed by atoms with Gasteiger partial charge in [0.05, 0.1) is 23.7 Å². The van der Waals surface area contributed by atoms with Gasteiger partial charge in [0.1, 0.15) is 24.7 Å². The zero-order chi connectivity index (χ0) is 19.9. The molecule has 12 heteroatoms. The third-order valence-electron chi connectivity index (χ3n) is 3.15. The summed E-state index contributed by atoms with van der Waals surface area (Å²) in [6.07, 6.45) is 0.437. The molecule has 1 aromatic rings. The van der Waals surface area contributed by atoms with Crippen molar-refractivity contribution in [2.24, 2.45) is 0 Å². The van der Waals surface area contributed by atoms with E-state index < -0.39 is 64.6 Å². The molecule has 0 aliphatic carbocycles. The van der Waals surface area contributed by atoms with E-state index in [-0.39, 0.29) is 12.6 Å². The van der Waals surface area contributed by atoms with Crippen LogP contribution in [0.3, 0.4) is 0 Å². The summed E-state index contributed by atoms with van der Waals surface area (Å²) in [5.74, 6) is -3.23. The molecule has 0 aliphatic heterocycles. The highest BCUT2D eigenvalue weighted by atomic mass is 16.6. The number of benzene rings is 1. The number of aldehydes is 2. The van der Waals surface area contributed by atoms with E-state index in [1.165, 1.54) is 0 Å². The maximum Gasteiger partial charge on any atom is 0.312 e. The van der Waals surface area contributed by atoms with Crippen molar-refractivity contribution >= 4 is 30.1 Å². The van der Waals surface area contributed by atoms with Crippen molar-refractivity contribution in [3.63, 3.8) is 0 Å². The van der Waals surface area contributed by atoms with Gasteiger partial charge in [-0.3, -0.25) is 19.7 Å². The predicted octanol–water partition coefficient (Wildman–Crippen LogP) is -2.12. The van der Waals surface area contributed by atoms with Crippen LogP contribution in [0.1, 0.15) is 20.7 Å². The number of phenolic OH excluding ortho intramolecular Hbond substituents is 1. The second kappa shape index (κ2) is 9.19. The average molecular weight is 369 g/mol. The number of hydrogen-bond acceptors (Lipinski definition) is 9. The molecule has 2 amide bonds. The Labute approximate surface area is 145 Å². The Balaban J connectivity index is 3.33. The second-order valence-electron chi connectivity index (χ2n) is 4.95. The predicted molar refractivity (Wildman–Crippen MR) is 83.6 cm³/mol. The van der Waals surface area contributed by atoms with Crippen molar-refractivity contribution in [1.82, 2.24) is 10.6 Å². The number of aromatic hydroxyl groups is 1. The second-order valence-corrected chi connectivity index (χ2v) is 4.95. The fourth-order valence-electron chi connectivity index (χ4n) is 1.81. The van der Waals surface area contributed by atoms with Crippen LogP contribution < -0.4 is 10.6 Å². The largest absolute Gasteiger partial charge is 0.502 e. The first kappa shape index (κ1) is 20.7. The number of nitrogens with zero attached hydrogens (tertiary/aromatic N) is 1. The van der Waals surface area contributed by atoms with E-state index in [0.29, 0.717) is 6.07 Å². The van der Waals surface area contributed by atoms with E-state index in [1.807, 2.05) is 5.32 Å². The molecule has 5 N–H and O–H groups in total. The Morgan fingerprint density at radius 1 is 1.08 bits per heavy atom. The van der Waals surface area contributed by atoms with Crippen LogP contribution in [0.2, 0.25) is 0 Å². The number of hydrogen-bond donors (Lipinski definition) is 5. The number of aliphatic hydroxyl groups is 2. The molecule has 0 spiro atoms. The number of nitrogens with one attached hydrogen (secondary N) is 2. The molecule has 0 saturated carbocycles. The van der Waals surface area contributed by atoms with Crippen LogP contribution in [0.25, 0.3) is 0 Å². The lowest BCUT2D eigenvalue weighted by atomic mass is 10.1. The zero-order valence-corrected chi connectivity index (χ0v) is 13.1. The number of nitro groups is 1. The minimum atomic E-state index is -1.33. The molecule has 1 rings (SSSR count). The molecule has 0 aromatic heterocycles. The van der Waals surface area contributed by atoms with E-state index >= 15 is 0 Å². The number of carbonyl (C=O) groups is 4. The molecule has 26 heavy (non-hydrogen) atoms. The van der Waals surface area contributed by atoms with Gasteiger partial charge in [0.15, 0.2) is 0 Å². The molecular weight excluding hydrogens is 354 g/mol. The minimum absolute atomic E-state index is 0.204. The van der Waals surface area contributed by atoms with Gasteiger partial charge in [0.25, 0.3) is 11.8 Å². The number of carbonyl (C=O) groups excluding carboxylic acids is 4. The Morgan fingerprint density at radius 2 is 1.58 bits per heavy atom. The lowest BCUT2D eigenvalue weighted by Crippen LogP contribution is -2.39. The normalized spacial score (nSPS) is 12.5. The highest BCUT2D eigenvalue weighted by Gasteiger charge is 2.27. The first-order chi connectivity index (χ1) is 12.3. The van der Waals surface area contributed by atoms with Gasteiger partial charge in [-0.2, -0.15) is 0 Å². The summed E-state index contributed by atoms with van der Waals surface area (Å²) in [5.41, 5.74) is -2.12. The number of phenols is 1. The van der Waals surface area contributed by atoms with Crippen LogP contribution in [-0.4, -0.2) is 69.9 Å². The van der Waals surface area contributed by atoms with Gasteiger partial charge < -0.3 is 35.5 Å². The molecule has 2 atom stereocenters. The molecule has 0 heterocycles. The summed E-state index contributed by atoms with van der Waals surface area (Å²) in [6.45, 7) is -1.48. The molecule has 0 bridgehead atoms. The van der Waals surface area contributed by atoms with Crippen LogP contribution in [0.15, 0.2) is 12.1 Å². The standard InChI is InChI=1S/C14H15N3O9/c18-3-8(4-19)15-13(23)7-1-10(12(22)11(2-7)17(25)26)14(24)16-9(5-20)6-21/h1-3,5,8-9,19,21-22H,4,6H2,(H,15,23)(H,16,24). The first-order valence-corrected chi connectivity index (χ1v) is 7.04. The molecule has 1 aromatic carbocycles. The van der Waals surface area contributed by atoms with E-state index in [4.69, 9.17) is 10.2 Å². The van der Waals surface area contributed by atoms with Crippen molar-refractivity contribution < 1.29 is 39.4 Å². The quantitative estimate of drug-likeness (QED) is 0.183. The highest BCUT2D eigenvalue weighted by molar-refractivity contribution is 6.04. The summed E-state index contributed by atoms with van der Waals surface area (Å²) < 4.78 is 0. The molecule has 0 saturated heterocycles. The third kappa shape index (κ3) is 4.81. The van der Waals surface area contributed by atoms with Gasteiger partial charge >= 0.3 is 5.69 Å². The minimum Gasteiger partial charge on any atom is -0.502 e. The van der Waals surface area contributed by atoms with Gasteiger partial charge in [-0.15, -0.1) is 0 Å². The van der Waals surface area contributed by atoms with E-state index in [0.717, 1.165) is 6.07 Å². The van der Waals surface area contributed by atoms with Crippen molar-refractivity contribution in [2.45, 2.75) is 12.1 Å². The molecule has 0 radical (unpaired) electrons. The van der Waals surface area contributed by atoms with Crippen molar-refractivity contribution in [3.05, 3.63) is 33.4 Å². The maximum atomic E-state index is 12.1. The Hall–Kier alpha value is -3.38. The smallest absolute Gasteiger partial charge is 0.312 e. The monoisotopic (exact) mass is 369 g/mol. The number of nitro benzene ring substituents is 1. The fraction of sp³-hybridized carbons (Fsp3) is 0.286. The molecule has 140 valence electrons. The van der Waals surface area contributed by atoms with Gasteiger partial charge in [0.2, 0.25) is 5.75 Å². The molecular formula is C14H15N3O9. The summed E-state index contributed by atoms with van der Waals surface area (Å²) in [4.78, 5) is 55.4. The van der Waals surface area contributed by atoms with Crippen LogP contribution in [-0.2, 0) is 9.59 Å².